The van der Waals surface area contributed by atoms with E-state index in [1.54, 1.807) is 0 Å². The van der Waals surface area contributed by atoms with Gasteiger partial charge in [-0.15, -0.1) is 13.2 Å². The predicted octanol–water partition coefficient (Wildman–Crippen LogP) is 5.54. The highest BCUT2D eigenvalue weighted by molar-refractivity contribution is 5.28. The lowest BCUT2D eigenvalue weighted by atomic mass is 10.1. The first-order valence-corrected chi connectivity index (χ1v) is 6.32. The average molecular weight is 370 g/mol. The van der Waals surface area contributed by atoms with Crippen LogP contribution in [-0.4, -0.2) is 24.8 Å². The highest BCUT2D eigenvalue weighted by Gasteiger charge is 2.45. The van der Waals surface area contributed by atoms with Gasteiger partial charge in [-0.2, -0.15) is 8.78 Å². The van der Waals surface area contributed by atoms with Crippen molar-refractivity contribution in [2.24, 2.45) is 0 Å². The molecule has 2 nitrogen and oxygen atoms in total. The standard InChI is InChI=1S/C13H11F9O2/c1-5(14)10(6(2)15)12(18,19)23-7-3-8(16)11(9(17)4-7)24-13(20,21)22/h3,5,9H,4H2,1-2H3. The highest BCUT2D eigenvalue weighted by atomic mass is 19.4. The molecule has 0 aliphatic heterocycles. The minimum atomic E-state index is -5.39. The van der Waals surface area contributed by atoms with Crippen molar-refractivity contribution in [1.29, 1.82) is 0 Å². The fourth-order valence-corrected chi connectivity index (χ4v) is 1.92. The van der Waals surface area contributed by atoms with Crippen molar-refractivity contribution in [2.45, 2.75) is 45.1 Å². The van der Waals surface area contributed by atoms with Crippen molar-refractivity contribution in [3.05, 3.63) is 34.8 Å². The molecular formula is C13H11F9O2. The minimum Gasteiger partial charge on any atom is -0.433 e. The van der Waals surface area contributed by atoms with Crippen LogP contribution in [0.25, 0.3) is 0 Å². The Kier molecular flexibility index (Phi) is 5.88. The topological polar surface area (TPSA) is 18.5 Å². The monoisotopic (exact) mass is 370 g/mol. The molecule has 1 aliphatic rings. The lowest BCUT2D eigenvalue weighted by molar-refractivity contribution is -0.310. The number of hydrogen-bond acceptors (Lipinski definition) is 2. The van der Waals surface area contributed by atoms with Gasteiger partial charge in [0.05, 0.1) is 0 Å². The molecule has 2 unspecified atom stereocenters. The van der Waals surface area contributed by atoms with Gasteiger partial charge in [-0.3, -0.25) is 0 Å². The fraction of sp³-hybridized carbons (Fsp3) is 0.538. The average Bonchev–Trinajstić information content (AvgIpc) is 2.30. The van der Waals surface area contributed by atoms with Gasteiger partial charge in [0, 0.05) is 12.5 Å². The van der Waals surface area contributed by atoms with Gasteiger partial charge in [-0.05, 0) is 13.8 Å². The molecule has 0 saturated carbocycles. The molecule has 1 rings (SSSR count). The van der Waals surface area contributed by atoms with Gasteiger partial charge in [0.15, 0.2) is 17.8 Å². The third kappa shape index (κ3) is 5.10. The Morgan fingerprint density at radius 1 is 1.21 bits per heavy atom. The van der Waals surface area contributed by atoms with Crippen LogP contribution in [0.4, 0.5) is 39.5 Å². The molecule has 2 atom stereocenters. The quantitative estimate of drug-likeness (QED) is 0.592. The van der Waals surface area contributed by atoms with Gasteiger partial charge in [0.2, 0.25) is 0 Å². The Bertz CT molecular complexity index is 568. The second kappa shape index (κ2) is 6.98. The summed E-state index contributed by atoms with van der Waals surface area (Å²) < 4.78 is 124. The molecule has 0 aromatic heterocycles. The van der Waals surface area contributed by atoms with Gasteiger partial charge < -0.3 is 9.47 Å². The largest absolute Gasteiger partial charge is 0.572 e. The lowest BCUT2D eigenvalue weighted by Crippen LogP contribution is -2.31. The summed E-state index contributed by atoms with van der Waals surface area (Å²) in [6.07, 6.45) is -16.5. The third-order valence-corrected chi connectivity index (χ3v) is 2.76. The maximum Gasteiger partial charge on any atom is 0.572 e. The minimum absolute atomic E-state index is 0.0269. The zero-order chi connectivity index (χ0) is 18.9. The highest BCUT2D eigenvalue weighted by Crippen LogP contribution is 2.39. The number of ether oxygens (including phenoxy) is 2. The second-order valence-corrected chi connectivity index (χ2v) is 4.72. The summed E-state index contributed by atoms with van der Waals surface area (Å²) in [5.74, 6) is -6.44. The van der Waals surface area contributed by atoms with Gasteiger partial charge in [-0.25, -0.2) is 17.6 Å². The van der Waals surface area contributed by atoms with Gasteiger partial charge in [0.25, 0.3) is 0 Å². The van der Waals surface area contributed by atoms with E-state index in [1.807, 2.05) is 0 Å². The molecule has 0 saturated heterocycles. The van der Waals surface area contributed by atoms with Crippen LogP contribution in [-0.2, 0) is 9.47 Å². The Morgan fingerprint density at radius 3 is 2.12 bits per heavy atom. The van der Waals surface area contributed by atoms with E-state index < -0.39 is 60.0 Å². The molecule has 138 valence electrons. The van der Waals surface area contributed by atoms with Crippen LogP contribution < -0.4 is 0 Å². The van der Waals surface area contributed by atoms with Crippen LogP contribution in [0.2, 0.25) is 0 Å². The Hall–Kier alpha value is -1.81. The van der Waals surface area contributed by atoms with Crippen LogP contribution in [0.3, 0.4) is 0 Å². The maximum absolute atomic E-state index is 13.7. The molecule has 0 bridgehead atoms. The van der Waals surface area contributed by atoms with Gasteiger partial charge in [0.1, 0.15) is 23.3 Å². The molecule has 0 radical (unpaired) electrons. The summed E-state index contributed by atoms with van der Waals surface area (Å²) in [5.41, 5.74) is -1.71. The first-order chi connectivity index (χ1) is 10.7. The molecule has 1 aliphatic carbocycles. The molecule has 0 amide bonds. The molecule has 11 heteroatoms. The molecule has 0 heterocycles. The van der Waals surface area contributed by atoms with E-state index in [1.165, 1.54) is 0 Å². The number of rotatable bonds is 5. The second-order valence-electron chi connectivity index (χ2n) is 4.72. The number of allylic oxidation sites excluding steroid dienone is 5. The first-order valence-electron chi connectivity index (χ1n) is 6.32. The summed E-state index contributed by atoms with van der Waals surface area (Å²) in [5, 5.41) is 0. The van der Waals surface area contributed by atoms with Crippen LogP contribution in [0.5, 0.6) is 0 Å². The Labute approximate surface area is 130 Å². The van der Waals surface area contributed by atoms with Gasteiger partial charge in [-0.1, -0.05) is 0 Å². The Balaban J connectivity index is 3.09. The van der Waals surface area contributed by atoms with Crippen molar-refractivity contribution in [2.75, 3.05) is 0 Å². The van der Waals surface area contributed by atoms with Gasteiger partial charge >= 0.3 is 12.5 Å². The van der Waals surface area contributed by atoms with E-state index >= 15 is 0 Å². The van der Waals surface area contributed by atoms with Crippen LogP contribution in [0.1, 0.15) is 20.3 Å². The van der Waals surface area contributed by atoms with E-state index in [4.69, 9.17) is 0 Å². The molecule has 0 N–H and O–H groups in total. The van der Waals surface area contributed by atoms with E-state index in [-0.39, 0.29) is 6.08 Å². The predicted molar refractivity (Wildman–Crippen MR) is 63.3 cm³/mol. The number of hydrogen-bond donors (Lipinski definition) is 0. The summed E-state index contributed by atoms with van der Waals surface area (Å²) in [7, 11) is 0. The fourth-order valence-electron chi connectivity index (χ4n) is 1.92. The van der Waals surface area contributed by atoms with E-state index in [9.17, 15) is 39.5 Å². The van der Waals surface area contributed by atoms with Crippen molar-refractivity contribution in [3.63, 3.8) is 0 Å². The van der Waals surface area contributed by atoms with Crippen molar-refractivity contribution >= 4 is 0 Å². The molecule has 0 fully saturated rings. The smallest absolute Gasteiger partial charge is 0.433 e. The normalized spacial score (nSPS) is 22.0. The Morgan fingerprint density at radius 2 is 1.75 bits per heavy atom. The lowest BCUT2D eigenvalue weighted by Gasteiger charge is -2.26. The van der Waals surface area contributed by atoms with Crippen LogP contribution in [0, 0.1) is 0 Å². The van der Waals surface area contributed by atoms with Crippen LogP contribution >= 0.6 is 0 Å². The van der Waals surface area contributed by atoms with E-state index in [0.29, 0.717) is 13.8 Å². The van der Waals surface area contributed by atoms with Crippen molar-refractivity contribution in [1.82, 2.24) is 0 Å². The van der Waals surface area contributed by atoms with Crippen molar-refractivity contribution < 1.29 is 49.0 Å². The summed E-state index contributed by atoms with van der Waals surface area (Å²) in [4.78, 5) is 0. The summed E-state index contributed by atoms with van der Waals surface area (Å²) in [6, 6.07) is 0. The SMILES string of the molecule is CC(F)=C(C(C)F)C(F)(F)OC1=CC(F)=C(OC(F)(F)F)C(F)C1. The molecule has 0 spiro atoms. The number of alkyl halides is 7. The zero-order valence-electron chi connectivity index (χ0n) is 12.2. The molecule has 0 aromatic carbocycles. The van der Waals surface area contributed by atoms with E-state index in [0.717, 1.165) is 0 Å². The maximum atomic E-state index is 13.7. The number of halogens is 9. The zero-order valence-corrected chi connectivity index (χ0v) is 12.2. The molecule has 0 aromatic rings. The summed E-state index contributed by atoms with van der Waals surface area (Å²) in [6.45, 7) is 1.10. The molecule has 24 heavy (non-hydrogen) atoms. The van der Waals surface area contributed by atoms with Crippen LogP contribution in [0.15, 0.2) is 34.8 Å². The first kappa shape index (κ1) is 20.2. The third-order valence-electron chi connectivity index (χ3n) is 2.76. The van der Waals surface area contributed by atoms with Crippen molar-refractivity contribution in [3.8, 4) is 0 Å². The molecular weight excluding hydrogens is 359 g/mol. The van der Waals surface area contributed by atoms with E-state index in [2.05, 4.69) is 9.47 Å². The summed E-state index contributed by atoms with van der Waals surface area (Å²) >= 11 is 0.